The van der Waals surface area contributed by atoms with Gasteiger partial charge in [-0.3, -0.25) is 14.4 Å². The number of anilines is 1. The molecular weight excluding hydrogens is 682 g/mol. The lowest BCUT2D eigenvalue weighted by molar-refractivity contribution is -0.137. The van der Waals surface area contributed by atoms with E-state index in [9.17, 15) is 31.9 Å². The van der Waals surface area contributed by atoms with Gasteiger partial charge in [0.2, 0.25) is 11.7 Å². The van der Waals surface area contributed by atoms with Crippen molar-refractivity contribution in [2.75, 3.05) is 64.7 Å². The summed E-state index contributed by atoms with van der Waals surface area (Å²) in [6.45, 7) is 6.43. The first-order chi connectivity index (χ1) is 24.9. The fourth-order valence-electron chi connectivity index (χ4n) is 6.99. The van der Waals surface area contributed by atoms with Crippen LogP contribution in [0.2, 0.25) is 0 Å². The standard InChI is InChI=1S/C37H47F4N7O4/c1-5-24(12-14-45(3)22-23-11-13-42-20-23)35(50)47-15-17-48(18-16-47)36(51)27-8-7-26(19-25(27)6-2)44-34(49)33-43-21-29(46(33)4)28-9-10-30(52-37(40)41)32(39)31(28)38/h7-10,19,21,23-24,37,42H,5-6,11-18,20,22H2,1-4H3,(H,44,49). The number of aryl methyl sites for hydroxylation is 1. The van der Waals surface area contributed by atoms with Crippen molar-refractivity contribution in [1.29, 1.82) is 0 Å². The van der Waals surface area contributed by atoms with Crippen molar-refractivity contribution >= 4 is 23.4 Å². The van der Waals surface area contributed by atoms with Crippen LogP contribution >= 0.6 is 0 Å². The summed E-state index contributed by atoms with van der Waals surface area (Å²) in [5, 5.41) is 6.15. The Labute approximate surface area is 301 Å². The number of nitrogens with one attached hydrogen (secondary N) is 2. The van der Waals surface area contributed by atoms with Gasteiger partial charge in [0, 0.05) is 62.5 Å². The van der Waals surface area contributed by atoms with Crippen molar-refractivity contribution in [1.82, 2.24) is 29.6 Å². The number of nitrogens with zero attached hydrogens (tertiary/aromatic N) is 5. The molecule has 0 spiro atoms. The van der Waals surface area contributed by atoms with Gasteiger partial charge in [-0.25, -0.2) is 9.37 Å². The van der Waals surface area contributed by atoms with E-state index in [1.807, 2.05) is 11.8 Å². The molecule has 5 rings (SSSR count). The summed E-state index contributed by atoms with van der Waals surface area (Å²) >= 11 is 0. The van der Waals surface area contributed by atoms with Gasteiger partial charge in [-0.15, -0.1) is 0 Å². The fourth-order valence-corrected chi connectivity index (χ4v) is 6.99. The molecule has 0 aliphatic carbocycles. The first-order valence-electron chi connectivity index (χ1n) is 17.8. The molecular formula is C37H47F4N7O4. The number of hydrogen-bond acceptors (Lipinski definition) is 7. The maximum atomic E-state index is 14.8. The number of alkyl halides is 2. The highest BCUT2D eigenvalue weighted by molar-refractivity contribution is 6.03. The molecule has 2 saturated heterocycles. The molecule has 1 aromatic heterocycles. The Bertz CT molecular complexity index is 1740. The molecule has 3 amide bonds. The van der Waals surface area contributed by atoms with E-state index < -0.39 is 29.9 Å². The molecule has 282 valence electrons. The number of benzene rings is 2. The Balaban J connectivity index is 1.17. The van der Waals surface area contributed by atoms with Gasteiger partial charge in [0.15, 0.2) is 17.4 Å². The zero-order valence-electron chi connectivity index (χ0n) is 30.1. The molecule has 11 nitrogen and oxygen atoms in total. The van der Waals surface area contributed by atoms with Gasteiger partial charge < -0.3 is 34.6 Å². The SMILES string of the molecule is CCc1cc(NC(=O)c2ncc(-c3ccc(OC(F)F)c(F)c3F)n2C)ccc1C(=O)N1CCN(C(=O)C(CC)CCN(C)CC2CCNC2)CC1. The highest BCUT2D eigenvalue weighted by Crippen LogP contribution is 2.31. The van der Waals surface area contributed by atoms with Gasteiger partial charge in [-0.05, 0) is 94.2 Å². The van der Waals surface area contributed by atoms with Crippen LogP contribution in [0.3, 0.4) is 0 Å². The zero-order chi connectivity index (χ0) is 37.5. The van der Waals surface area contributed by atoms with E-state index in [0.717, 1.165) is 51.2 Å². The predicted molar refractivity (Wildman–Crippen MR) is 188 cm³/mol. The van der Waals surface area contributed by atoms with Gasteiger partial charge in [0.05, 0.1) is 11.9 Å². The molecule has 2 atom stereocenters. The Morgan fingerprint density at radius 1 is 1.06 bits per heavy atom. The molecule has 3 heterocycles. The summed E-state index contributed by atoms with van der Waals surface area (Å²) in [6, 6.07) is 6.91. The molecule has 0 bridgehead atoms. The summed E-state index contributed by atoms with van der Waals surface area (Å²) in [6.07, 6.45) is 4.45. The minimum Gasteiger partial charge on any atom is -0.432 e. The molecule has 52 heavy (non-hydrogen) atoms. The lowest BCUT2D eigenvalue weighted by Gasteiger charge is -2.37. The minimum absolute atomic E-state index is 0.0347. The first kappa shape index (κ1) is 38.7. The Hall–Kier alpha value is -4.50. The highest BCUT2D eigenvalue weighted by atomic mass is 19.3. The molecule has 0 radical (unpaired) electrons. The molecule has 2 aromatic carbocycles. The molecule has 15 heteroatoms. The average molecular weight is 730 g/mol. The third-order valence-corrected chi connectivity index (χ3v) is 10.0. The van der Waals surface area contributed by atoms with Crippen LogP contribution in [0.25, 0.3) is 11.3 Å². The second-order valence-electron chi connectivity index (χ2n) is 13.5. The van der Waals surface area contributed by atoms with Crippen LogP contribution in [0, 0.1) is 23.5 Å². The monoisotopic (exact) mass is 729 g/mol. The number of aromatic nitrogens is 2. The third-order valence-electron chi connectivity index (χ3n) is 10.0. The number of hydrogen-bond donors (Lipinski definition) is 2. The smallest absolute Gasteiger partial charge is 0.387 e. The van der Waals surface area contributed by atoms with Crippen molar-refractivity contribution in [2.45, 2.75) is 46.1 Å². The van der Waals surface area contributed by atoms with E-state index in [0.29, 0.717) is 55.3 Å². The van der Waals surface area contributed by atoms with Crippen LogP contribution in [-0.4, -0.2) is 108 Å². The minimum atomic E-state index is -3.33. The number of piperazine rings is 1. The Morgan fingerprint density at radius 2 is 1.79 bits per heavy atom. The quantitative estimate of drug-likeness (QED) is 0.224. The summed E-state index contributed by atoms with van der Waals surface area (Å²) in [5.74, 6) is -4.10. The van der Waals surface area contributed by atoms with Gasteiger partial charge in [0.25, 0.3) is 11.8 Å². The van der Waals surface area contributed by atoms with E-state index >= 15 is 0 Å². The normalized spacial score (nSPS) is 16.8. The predicted octanol–water partition coefficient (Wildman–Crippen LogP) is 5.02. The lowest BCUT2D eigenvalue weighted by atomic mass is 9.99. The Kier molecular flexibility index (Phi) is 12.9. The molecule has 2 fully saturated rings. The number of rotatable bonds is 14. The fraction of sp³-hybridized carbons (Fsp3) is 0.514. The molecule has 0 saturated carbocycles. The van der Waals surface area contributed by atoms with Gasteiger partial charge in [-0.1, -0.05) is 13.8 Å². The van der Waals surface area contributed by atoms with Crippen LogP contribution in [-0.2, 0) is 18.3 Å². The Morgan fingerprint density at radius 3 is 2.44 bits per heavy atom. The van der Waals surface area contributed by atoms with Crippen LogP contribution in [0.15, 0.2) is 36.5 Å². The van der Waals surface area contributed by atoms with Crippen molar-refractivity contribution in [2.24, 2.45) is 18.9 Å². The zero-order valence-corrected chi connectivity index (χ0v) is 30.1. The largest absolute Gasteiger partial charge is 0.432 e. The summed E-state index contributed by atoms with van der Waals surface area (Å²) in [7, 11) is 3.55. The maximum Gasteiger partial charge on any atom is 0.387 e. The summed E-state index contributed by atoms with van der Waals surface area (Å²) < 4.78 is 59.5. The van der Waals surface area contributed by atoms with E-state index in [1.54, 1.807) is 23.1 Å². The average Bonchev–Trinajstić information content (AvgIpc) is 3.79. The third kappa shape index (κ3) is 8.92. The highest BCUT2D eigenvalue weighted by Gasteiger charge is 2.30. The molecule has 2 aliphatic heterocycles. The molecule has 2 N–H and O–H groups in total. The van der Waals surface area contributed by atoms with Gasteiger partial charge in [0.1, 0.15) is 0 Å². The summed E-state index contributed by atoms with van der Waals surface area (Å²) in [4.78, 5) is 50.3. The number of imidazole rings is 1. The molecule has 2 aliphatic rings. The topological polar surface area (TPSA) is 112 Å². The van der Waals surface area contributed by atoms with Crippen LogP contribution in [0.5, 0.6) is 5.75 Å². The van der Waals surface area contributed by atoms with Crippen molar-refractivity contribution in [3.05, 3.63) is 65.1 Å². The first-order valence-corrected chi connectivity index (χ1v) is 17.8. The number of carbonyl (C=O) groups excluding carboxylic acids is 3. The van der Waals surface area contributed by atoms with E-state index in [1.165, 1.54) is 24.2 Å². The van der Waals surface area contributed by atoms with E-state index in [2.05, 4.69) is 39.2 Å². The lowest BCUT2D eigenvalue weighted by Crippen LogP contribution is -2.52. The molecule has 3 aromatic rings. The van der Waals surface area contributed by atoms with Crippen molar-refractivity contribution < 1.29 is 36.7 Å². The van der Waals surface area contributed by atoms with E-state index in [4.69, 9.17) is 0 Å². The number of ether oxygens (including phenoxy) is 1. The van der Waals surface area contributed by atoms with Crippen molar-refractivity contribution in [3.63, 3.8) is 0 Å². The summed E-state index contributed by atoms with van der Waals surface area (Å²) in [5.41, 5.74) is 1.36. The van der Waals surface area contributed by atoms with Crippen molar-refractivity contribution in [3.8, 4) is 17.0 Å². The number of carbonyl (C=O) groups is 3. The van der Waals surface area contributed by atoms with Gasteiger partial charge >= 0.3 is 6.61 Å². The number of halogens is 4. The maximum absolute atomic E-state index is 14.8. The van der Waals surface area contributed by atoms with Crippen LogP contribution in [0.1, 0.15) is 59.7 Å². The second kappa shape index (κ2) is 17.3. The number of amides is 3. The van der Waals surface area contributed by atoms with Gasteiger partial charge in [-0.2, -0.15) is 13.2 Å². The van der Waals surface area contributed by atoms with E-state index in [-0.39, 0.29) is 34.8 Å². The molecule has 2 unspecified atom stereocenters. The van der Waals surface area contributed by atoms with Crippen LogP contribution < -0.4 is 15.4 Å². The van der Waals surface area contributed by atoms with Crippen LogP contribution in [0.4, 0.5) is 23.2 Å². The second-order valence-corrected chi connectivity index (χ2v) is 13.5.